The van der Waals surface area contributed by atoms with Crippen molar-refractivity contribution < 1.29 is 4.79 Å². The normalized spacial score (nSPS) is 14.3. The Hall–Kier alpha value is -1.05. The molecule has 0 N–H and O–H groups in total. The zero-order valence-electron chi connectivity index (χ0n) is 21.6. The van der Waals surface area contributed by atoms with E-state index >= 15 is 0 Å². The van der Waals surface area contributed by atoms with Gasteiger partial charge < -0.3 is 4.90 Å². The van der Waals surface area contributed by atoms with E-state index in [2.05, 4.69) is 31.2 Å². The molecule has 1 saturated heterocycles. The number of hydrogen-bond donors (Lipinski definition) is 0. The van der Waals surface area contributed by atoms with Crippen LogP contribution >= 0.6 is 0 Å². The van der Waals surface area contributed by atoms with Crippen molar-refractivity contribution in [3.05, 3.63) is 24.3 Å². The van der Waals surface area contributed by atoms with Crippen molar-refractivity contribution in [2.75, 3.05) is 13.1 Å². The van der Waals surface area contributed by atoms with E-state index in [1.165, 1.54) is 109 Å². The number of amides is 1. The first-order chi connectivity index (χ1) is 15.8. The van der Waals surface area contributed by atoms with E-state index in [0.29, 0.717) is 5.91 Å². The van der Waals surface area contributed by atoms with Gasteiger partial charge in [0.2, 0.25) is 5.91 Å². The average Bonchev–Trinajstić information content (AvgIpc) is 3.34. The first kappa shape index (κ1) is 29.0. The number of allylic oxidation sites excluding steroid dienone is 4. The van der Waals surface area contributed by atoms with Crippen LogP contribution in [0.1, 0.15) is 148 Å². The lowest BCUT2D eigenvalue weighted by molar-refractivity contribution is -0.130. The summed E-state index contributed by atoms with van der Waals surface area (Å²) in [4.78, 5) is 14.0. The maximum atomic E-state index is 12.0. The standard InChI is InChI=1S/C30H55NO/c1-2-3-4-5-6-7-8-9-10-11-12-13-14-15-16-17-18-19-20-21-22-23-24-27-30(32)31-28-25-26-29-31/h17-18,21-22H,2-16,19-20,23-29H2,1H3/b18-17+,22-21+. The molecule has 0 aliphatic carbocycles. The largest absolute Gasteiger partial charge is 0.343 e. The summed E-state index contributed by atoms with van der Waals surface area (Å²) in [6, 6.07) is 0. The van der Waals surface area contributed by atoms with Crippen LogP contribution in [0.25, 0.3) is 0 Å². The fourth-order valence-corrected chi connectivity index (χ4v) is 4.62. The summed E-state index contributed by atoms with van der Waals surface area (Å²) in [6.07, 6.45) is 38.0. The van der Waals surface area contributed by atoms with Crippen molar-refractivity contribution in [2.45, 2.75) is 148 Å². The molecule has 0 aromatic carbocycles. The van der Waals surface area contributed by atoms with Crippen LogP contribution in [-0.2, 0) is 4.79 Å². The summed E-state index contributed by atoms with van der Waals surface area (Å²) < 4.78 is 0. The highest BCUT2D eigenvalue weighted by Crippen LogP contribution is 2.14. The van der Waals surface area contributed by atoms with E-state index in [1.807, 2.05) is 4.90 Å². The van der Waals surface area contributed by atoms with E-state index in [4.69, 9.17) is 0 Å². The zero-order chi connectivity index (χ0) is 23.0. The lowest BCUT2D eigenvalue weighted by Crippen LogP contribution is -2.27. The number of unbranched alkanes of at least 4 members (excludes halogenated alkanes) is 16. The number of nitrogens with zero attached hydrogens (tertiary/aromatic N) is 1. The highest BCUT2D eigenvalue weighted by atomic mass is 16.2. The Morgan fingerprint density at radius 3 is 1.47 bits per heavy atom. The minimum absolute atomic E-state index is 0.363. The Labute approximate surface area is 201 Å². The van der Waals surface area contributed by atoms with Crippen molar-refractivity contribution in [1.82, 2.24) is 4.90 Å². The average molecular weight is 446 g/mol. The van der Waals surface area contributed by atoms with Crippen LogP contribution in [-0.4, -0.2) is 23.9 Å². The van der Waals surface area contributed by atoms with E-state index in [0.717, 1.165) is 45.2 Å². The van der Waals surface area contributed by atoms with Gasteiger partial charge in [-0.05, 0) is 51.4 Å². The lowest BCUT2D eigenvalue weighted by Gasteiger charge is -2.14. The van der Waals surface area contributed by atoms with Crippen LogP contribution in [0.4, 0.5) is 0 Å². The first-order valence-electron chi connectivity index (χ1n) is 14.4. The summed E-state index contributed by atoms with van der Waals surface area (Å²) in [5, 5.41) is 0. The second-order valence-corrected chi connectivity index (χ2v) is 9.89. The molecule has 1 rings (SSSR count). The predicted octanol–water partition coefficient (Wildman–Crippen LogP) is 9.54. The van der Waals surface area contributed by atoms with Gasteiger partial charge >= 0.3 is 0 Å². The van der Waals surface area contributed by atoms with Crippen molar-refractivity contribution in [3.63, 3.8) is 0 Å². The summed E-state index contributed by atoms with van der Waals surface area (Å²) in [5.41, 5.74) is 0. The van der Waals surface area contributed by atoms with Crippen LogP contribution in [0.2, 0.25) is 0 Å². The molecule has 0 aromatic rings. The van der Waals surface area contributed by atoms with E-state index in [-0.39, 0.29) is 0 Å². The van der Waals surface area contributed by atoms with Crippen LogP contribution < -0.4 is 0 Å². The number of rotatable bonds is 22. The van der Waals surface area contributed by atoms with Gasteiger partial charge in [-0.2, -0.15) is 0 Å². The molecular formula is C30H55NO. The van der Waals surface area contributed by atoms with Crippen molar-refractivity contribution in [2.24, 2.45) is 0 Å². The van der Waals surface area contributed by atoms with Crippen LogP contribution in [0, 0.1) is 0 Å². The second kappa shape index (κ2) is 23.1. The van der Waals surface area contributed by atoms with Gasteiger partial charge in [-0.3, -0.25) is 4.79 Å². The van der Waals surface area contributed by atoms with E-state index in [9.17, 15) is 4.79 Å². The number of carbonyl (C=O) groups is 1. The molecule has 1 amide bonds. The van der Waals surface area contributed by atoms with Gasteiger partial charge in [0.05, 0.1) is 0 Å². The molecule has 0 radical (unpaired) electrons. The quantitative estimate of drug-likeness (QED) is 0.120. The maximum absolute atomic E-state index is 12.0. The summed E-state index contributed by atoms with van der Waals surface area (Å²) >= 11 is 0. The third kappa shape index (κ3) is 18.5. The number of likely N-dealkylation sites (tertiary alicyclic amines) is 1. The minimum atomic E-state index is 0.363. The maximum Gasteiger partial charge on any atom is 0.222 e. The van der Waals surface area contributed by atoms with Crippen LogP contribution in [0.3, 0.4) is 0 Å². The monoisotopic (exact) mass is 445 g/mol. The highest BCUT2D eigenvalue weighted by Gasteiger charge is 2.16. The Bertz CT molecular complexity index is 461. The number of carbonyl (C=O) groups excluding carboxylic acids is 1. The van der Waals surface area contributed by atoms with Crippen molar-refractivity contribution >= 4 is 5.91 Å². The Balaban J connectivity index is 1.73. The third-order valence-electron chi connectivity index (χ3n) is 6.78. The molecule has 186 valence electrons. The second-order valence-electron chi connectivity index (χ2n) is 9.89. The molecule has 32 heavy (non-hydrogen) atoms. The molecule has 0 spiro atoms. The molecule has 1 fully saturated rings. The molecule has 1 aliphatic rings. The molecular weight excluding hydrogens is 390 g/mol. The molecule has 0 bridgehead atoms. The Morgan fingerprint density at radius 2 is 0.969 bits per heavy atom. The van der Waals surface area contributed by atoms with Gasteiger partial charge in [-0.15, -0.1) is 0 Å². The summed E-state index contributed by atoms with van der Waals surface area (Å²) in [5.74, 6) is 0.363. The van der Waals surface area contributed by atoms with Gasteiger partial charge in [0.25, 0.3) is 0 Å². The van der Waals surface area contributed by atoms with Gasteiger partial charge in [0.15, 0.2) is 0 Å². The topological polar surface area (TPSA) is 20.3 Å². The van der Waals surface area contributed by atoms with Gasteiger partial charge in [-0.1, -0.05) is 115 Å². The molecule has 2 heteroatoms. The molecule has 0 atom stereocenters. The lowest BCUT2D eigenvalue weighted by atomic mass is 10.0. The van der Waals surface area contributed by atoms with Crippen molar-refractivity contribution in [1.29, 1.82) is 0 Å². The molecule has 0 aromatic heterocycles. The fraction of sp³-hybridized carbons (Fsp3) is 0.833. The van der Waals surface area contributed by atoms with Crippen LogP contribution in [0.15, 0.2) is 24.3 Å². The van der Waals surface area contributed by atoms with E-state index < -0.39 is 0 Å². The van der Waals surface area contributed by atoms with Gasteiger partial charge in [-0.25, -0.2) is 0 Å². The predicted molar refractivity (Wildman–Crippen MR) is 142 cm³/mol. The first-order valence-corrected chi connectivity index (χ1v) is 14.4. The van der Waals surface area contributed by atoms with E-state index in [1.54, 1.807) is 0 Å². The molecule has 1 heterocycles. The Morgan fingerprint density at radius 1 is 0.562 bits per heavy atom. The van der Waals surface area contributed by atoms with Gasteiger partial charge in [0.1, 0.15) is 0 Å². The molecule has 0 unspecified atom stereocenters. The molecule has 0 saturated carbocycles. The van der Waals surface area contributed by atoms with Crippen LogP contribution in [0.5, 0.6) is 0 Å². The SMILES string of the molecule is CCCCCCCCCCCCCCCC/C=C/CC/C=C/CCCC(=O)N1CCCC1. The van der Waals surface area contributed by atoms with Gasteiger partial charge in [0, 0.05) is 19.5 Å². The molecule has 1 aliphatic heterocycles. The highest BCUT2D eigenvalue weighted by molar-refractivity contribution is 5.76. The summed E-state index contributed by atoms with van der Waals surface area (Å²) in [6.45, 7) is 4.27. The molecule has 2 nitrogen and oxygen atoms in total. The summed E-state index contributed by atoms with van der Waals surface area (Å²) in [7, 11) is 0. The Kier molecular flexibility index (Phi) is 20.9. The minimum Gasteiger partial charge on any atom is -0.343 e. The smallest absolute Gasteiger partial charge is 0.222 e. The number of hydrogen-bond acceptors (Lipinski definition) is 1. The zero-order valence-corrected chi connectivity index (χ0v) is 21.6. The fourth-order valence-electron chi connectivity index (χ4n) is 4.62. The van der Waals surface area contributed by atoms with Crippen molar-refractivity contribution in [3.8, 4) is 0 Å². The third-order valence-corrected chi connectivity index (χ3v) is 6.78.